The lowest BCUT2D eigenvalue weighted by atomic mass is 9.76. The summed E-state index contributed by atoms with van der Waals surface area (Å²) in [4.78, 5) is 28.1. The van der Waals surface area contributed by atoms with E-state index in [1.807, 2.05) is 12.1 Å². The number of rotatable bonds is 10. The minimum absolute atomic E-state index is 0.312. The van der Waals surface area contributed by atoms with Crippen molar-refractivity contribution in [1.29, 1.82) is 0 Å². The number of likely N-dealkylation sites (tertiary alicyclic amines) is 1. The maximum absolute atomic E-state index is 14.4. The van der Waals surface area contributed by atoms with Crippen LogP contribution in [0.25, 0.3) is 21.9 Å². The molecule has 0 unspecified atom stereocenters. The lowest BCUT2D eigenvalue weighted by Crippen LogP contribution is -2.59. The highest BCUT2D eigenvalue weighted by atomic mass is 19.4. The first kappa shape index (κ1) is 36.3. The summed E-state index contributed by atoms with van der Waals surface area (Å²) in [6, 6.07) is 12.1. The summed E-state index contributed by atoms with van der Waals surface area (Å²) in [5.41, 5.74) is 0.590. The summed E-state index contributed by atoms with van der Waals surface area (Å²) in [5.74, 6) is -2.64. The second-order valence-electron chi connectivity index (χ2n) is 12.5. The third kappa shape index (κ3) is 7.77. The van der Waals surface area contributed by atoms with Gasteiger partial charge in [-0.25, -0.2) is 13.6 Å². The Morgan fingerprint density at radius 2 is 1.61 bits per heavy atom. The smallest absolute Gasteiger partial charge is 0.403 e. The van der Waals surface area contributed by atoms with Gasteiger partial charge in [-0.15, -0.1) is 0 Å². The molecule has 0 aliphatic carbocycles. The van der Waals surface area contributed by atoms with Crippen LogP contribution in [0.3, 0.4) is 0 Å². The van der Waals surface area contributed by atoms with Crippen LogP contribution < -0.4 is 10.1 Å². The van der Waals surface area contributed by atoms with Gasteiger partial charge in [0.25, 0.3) is 6.43 Å². The van der Waals surface area contributed by atoms with Crippen LogP contribution in [0.1, 0.15) is 29.5 Å². The van der Waals surface area contributed by atoms with E-state index in [4.69, 9.17) is 4.74 Å². The quantitative estimate of drug-likeness (QED) is 0.237. The zero-order valence-electron chi connectivity index (χ0n) is 26.4. The minimum atomic E-state index is -5.14. The van der Waals surface area contributed by atoms with Crippen molar-refractivity contribution in [2.24, 2.45) is 5.41 Å². The molecule has 5 rings (SSSR count). The number of nitrogens with one attached hydrogen (secondary N) is 1. The number of benzene rings is 3. The van der Waals surface area contributed by atoms with Crippen molar-refractivity contribution in [3.8, 4) is 16.9 Å². The fourth-order valence-corrected chi connectivity index (χ4v) is 6.98. The van der Waals surface area contributed by atoms with Crippen molar-refractivity contribution in [3.05, 3.63) is 65.2 Å². The number of aliphatic carboxylic acids is 1. The number of nitrogens with zero attached hydrogens (tertiary/aromatic N) is 2. The van der Waals surface area contributed by atoms with E-state index in [-0.39, 0.29) is 13.0 Å². The number of amides is 1. The molecule has 1 atom stereocenters. The molecule has 15 heteroatoms. The highest BCUT2D eigenvalue weighted by Crippen LogP contribution is 2.47. The van der Waals surface area contributed by atoms with Crippen LogP contribution in [-0.4, -0.2) is 91.4 Å². The first-order valence-electron chi connectivity index (χ1n) is 15.6. The number of ether oxygens (including phenoxy) is 1. The summed E-state index contributed by atoms with van der Waals surface area (Å²) in [6.07, 6.45) is -14.1. The minimum Gasteiger partial charge on any atom is -0.496 e. The predicted molar refractivity (Wildman–Crippen MR) is 164 cm³/mol. The predicted octanol–water partition coefficient (Wildman–Crippen LogP) is 6.46. The van der Waals surface area contributed by atoms with Gasteiger partial charge in [0, 0.05) is 25.1 Å². The van der Waals surface area contributed by atoms with Gasteiger partial charge in [0.2, 0.25) is 5.91 Å². The molecule has 0 aromatic heterocycles. The second kappa shape index (κ2) is 14.1. The van der Waals surface area contributed by atoms with Crippen LogP contribution in [-0.2, 0) is 29.0 Å². The van der Waals surface area contributed by atoms with Crippen LogP contribution in [0.15, 0.2) is 48.5 Å². The molecule has 0 bridgehead atoms. The number of hydrogen-bond donors (Lipinski definition) is 2. The molecule has 2 aliphatic heterocycles. The first-order chi connectivity index (χ1) is 23.0. The number of carbonyl (C=O) groups is 2. The van der Waals surface area contributed by atoms with E-state index in [1.165, 1.54) is 7.11 Å². The molecular formula is C34H35F8N3O4. The van der Waals surface area contributed by atoms with Gasteiger partial charge in [0.15, 0.2) is 0 Å². The highest BCUT2D eigenvalue weighted by Gasteiger charge is 2.61. The van der Waals surface area contributed by atoms with Crippen molar-refractivity contribution in [1.82, 2.24) is 15.1 Å². The summed E-state index contributed by atoms with van der Waals surface area (Å²) >= 11 is 0. The number of carbonyl (C=O) groups excluding carboxylic acids is 1. The fraction of sp³-hybridized carbons (Fsp3) is 0.471. The molecule has 3 aromatic carbocycles. The Balaban J connectivity index is 1.45. The van der Waals surface area contributed by atoms with Crippen LogP contribution in [0, 0.1) is 5.41 Å². The van der Waals surface area contributed by atoms with Gasteiger partial charge in [-0.2, -0.15) is 26.3 Å². The lowest BCUT2D eigenvalue weighted by molar-refractivity contribution is -0.236. The maximum Gasteiger partial charge on any atom is 0.403 e. The van der Waals surface area contributed by atoms with Crippen LogP contribution in [0.4, 0.5) is 35.1 Å². The lowest BCUT2D eigenvalue weighted by Gasteiger charge is -2.42. The Kier molecular flexibility index (Phi) is 10.4. The molecule has 1 amide bonds. The molecule has 7 nitrogen and oxygen atoms in total. The van der Waals surface area contributed by atoms with Crippen LogP contribution in [0.5, 0.6) is 5.75 Å². The summed E-state index contributed by atoms with van der Waals surface area (Å²) < 4.78 is 114. The number of carboxylic acid groups (broad SMARTS) is 1. The van der Waals surface area contributed by atoms with E-state index in [0.29, 0.717) is 47.2 Å². The largest absolute Gasteiger partial charge is 0.496 e. The van der Waals surface area contributed by atoms with Crippen LogP contribution >= 0.6 is 0 Å². The Hall–Kier alpha value is -3.98. The van der Waals surface area contributed by atoms with Crippen molar-refractivity contribution < 1.29 is 54.6 Å². The van der Waals surface area contributed by atoms with E-state index >= 15 is 0 Å². The van der Waals surface area contributed by atoms with Crippen LogP contribution in [0.2, 0.25) is 0 Å². The van der Waals surface area contributed by atoms with Gasteiger partial charge in [-0.05, 0) is 71.4 Å². The maximum atomic E-state index is 14.4. The SMILES string of the molecule is COc1ccc2c(c1-c1cccc3c(C[C@H](NC(=O)C4(C(F)(F)F)CCN(CC(F)(F)F)CC4)C(=O)O)cccc13)CCN(CC(F)F)C2. The van der Waals surface area contributed by atoms with E-state index in [0.717, 1.165) is 21.6 Å². The Morgan fingerprint density at radius 3 is 2.22 bits per heavy atom. The van der Waals surface area contributed by atoms with Crippen molar-refractivity contribution in [3.63, 3.8) is 0 Å². The topological polar surface area (TPSA) is 82.1 Å². The third-order valence-corrected chi connectivity index (χ3v) is 9.46. The average Bonchev–Trinajstić information content (AvgIpc) is 3.02. The summed E-state index contributed by atoms with van der Waals surface area (Å²) in [6.45, 7) is -2.36. The molecule has 266 valence electrons. The van der Waals surface area contributed by atoms with Gasteiger partial charge in [0.1, 0.15) is 17.2 Å². The number of carboxylic acids is 1. The molecule has 2 aliphatic rings. The Bertz CT molecular complexity index is 1690. The Labute approximate surface area is 276 Å². The van der Waals surface area contributed by atoms with E-state index in [2.05, 4.69) is 5.32 Å². The standard InChI is InChI=1S/C34H35F8N3O4/c1-49-27-9-8-21-17-45(18-28(35)36)13-10-23(21)29(27)25-7-3-5-22-20(4-2-6-24(22)25)16-26(30(46)47)43-31(48)32(34(40,41)42)11-14-44(15-12-32)19-33(37,38)39/h2-9,26,28H,10-19H2,1H3,(H,43,48)(H,46,47)/t26-/m0/s1. The monoisotopic (exact) mass is 701 g/mol. The molecule has 0 saturated carbocycles. The van der Waals surface area contributed by atoms with Crippen molar-refractivity contribution >= 4 is 22.6 Å². The molecule has 2 heterocycles. The summed E-state index contributed by atoms with van der Waals surface area (Å²) in [7, 11) is 1.50. The molecule has 0 radical (unpaired) electrons. The molecule has 49 heavy (non-hydrogen) atoms. The molecule has 1 fully saturated rings. The van der Waals surface area contributed by atoms with Crippen molar-refractivity contribution in [2.45, 2.75) is 57.0 Å². The number of hydrogen-bond acceptors (Lipinski definition) is 5. The molecule has 1 saturated heterocycles. The van der Waals surface area contributed by atoms with Gasteiger partial charge in [-0.1, -0.05) is 42.5 Å². The zero-order chi connectivity index (χ0) is 35.7. The van der Waals surface area contributed by atoms with Gasteiger partial charge >= 0.3 is 18.3 Å². The number of fused-ring (bicyclic) bond motifs is 2. The normalized spacial score (nSPS) is 17.9. The highest BCUT2D eigenvalue weighted by molar-refractivity contribution is 6.01. The third-order valence-electron chi connectivity index (χ3n) is 9.46. The first-order valence-corrected chi connectivity index (χ1v) is 15.6. The van der Waals surface area contributed by atoms with Gasteiger partial charge in [0.05, 0.1) is 20.2 Å². The van der Waals surface area contributed by atoms with Gasteiger partial charge in [-0.3, -0.25) is 14.6 Å². The molecule has 2 N–H and O–H groups in total. The van der Waals surface area contributed by atoms with E-state index < -0.39 is 74.6 Å². The Morgan fingerprint density at radius 1 is 0.939 bits per heavy atom. The molecule has 0 spiro atoms. The second-order valence-corrected chi connectivity index (χ2v) is 12.5. The molecule has 3 aromatic rings. The number of alkyl halides is 8. The average molecular weight is 702 g/mol. The number of methoxy groups -OCH3 is 1. The molecular weight excluding hydrogens is 666 g/mol. The fourth-order valence-electron chi connectivity index (χ4n) is 6.98. The van der Waals surface area contributed by atoms with E-state index in [1.54, 1.807) is 41.3 Å². The van der Waals surface area contributed by atoms with E-state index in [9.17, 15) is 49.8 Å². The van der Waals surface area contributed by atoms with Gasteiger partial charge < -0.3 is 15.2 Å². The summed E-state index contributed by atoms with van der Waals surface area (Å²) in [5, 5.41) is 13.3. The number of piperidine rings is 1. The van der Waals surface area contributed by atoms with Crippen molar-refractivity contribution in [2.75, 3.05) is 39.8 Å². The number of halogens is 8. The zero-order valence-corrected chi connectivity index (χ0v) is 26.4.